The van der Waals surface area contributed by atoms with Crippen LogP contribution in [0.1, 0.15) is 31.0 Å². The lowest BCUT2D eigenvalue weighted by Crippen LogP contribution is -2.38. The number of amides is 1. The highest BCUT2D eigenvalue weighted by molar-refractivity contribution is 6.46. The zero-order chi connectivity index (χ0) is 23.4. The monoisotopic (exact) mass is 458 g/mol. The largest absolute Gasteiger partial charge is 0.508 e. The van der Waals surface area contributed by atoms with Gasteiger partial charge in [-0.25, -0.2) is 0 Å². The molecule has 0 saturated carbocycles. The van der Waals surface area contributed by atoms with Crippen LogP contribution in [0.15, 0.2) is 48.0 Å². The summed E-state index contributed by atoms with van der Waals surface area (Å²) in [7, 11) is 1.45. The molecule has 0 spiro atoms. The molecule has 32 heavy (non-hydrogen) atoms. The zero-order valence-electron chi connectivity index (χ0n) is 18.3. The van der Waals surface area contributed by atoms with Crippen LogP contribution in [0.3, 0.4) is 0 Å². The Kier molecular flexibility index (Phi) is 7.43. The smallest absolute Gasteiger partial charge is 0.295 e. The summed E-state index contributed by atoms with van der Waals surface area (Å²) in [5, 5.41) is 21.5. The molecular weight excluding hydrogens is 432 g/mol. The van der Waals surface area contributed by atoms with Crippen LogP contribution in [0.5, 0.6) is 11.5 Å². The van der Waals surface area contributed by atoms with E-state index in [0.717, 1.165) is 13.1 Å². The fraction of sp³-hybridized carbons (Fsp3) is 0.333. The molecule has 1 atom stereocenters. The number of ketones is 1. The molecule has 3 rings (SSSR count). The number of hydrogen-bond acceptors (Lipinski definition) is 6. The second-order valence-corrected chi connectivity index (χ2v) is 7.87. The minimum absolute atomic E-state index is 0.00462. The number of phenols is 1. The quantitative estimate of drug-likeness (QED) is 0.355. The number of aromatic hydroxyl groups is 1. The number of Topliss-reactive ketones (excluding diaryl/α,β-unsaturated/α-hetero) is 1. The number of halogens is 1. The van der Waals surface area contributed by atoms with Gasteiger partial charge in [0.25, 0.3) is 11.7 Å². The number of carbonyl (C=O) groups is 2. The first kappa shape index (κ1) is 23.6. The molecule has 1 aliphatic heterocycles. The van der Waals surface area contributed by atoms with Crippen LogP contribution in [0.4, 0.5) is 0 Å². The number of benzene rings is 2. The van der Waals surface area contributed by atoms with Crippen molar-refractivity contribution in [2.24, 2.45) is 0 Å². The van der Waals surface area contributed by atoms with Crippen LogP contribution in [0.25, 0.3) is 5.76 Å². The van der Waals surface area contributed by atoms with Crippen molar-refractivity contribution in [2.45, 2.75) is 19.9 Å². The number of aliphatic hydroxyl groups excluding tert-OH is 1. The Balaban J connectivity index is 2.13. The third kappa shape index (κ3) is 4.59. The maximum absolute atomic E-state index is 13.1. The normalized spacial score (nSPS) is 17.9. The maximum atomic E-state index is 13.1. The van der Waals surface area contributed by atoms with Gasteiger partial charge in [-0.2, -0.15) is 0 Å². The van der Waals surface area contributed by atoms with Gasteiger partial charge in [0.05, 0.1) is 23.7 Å². The zero-order valence-corrected chi connectivity index (χ0v) is 19.1. The molecule has 7 nitrogen and oxygen atoms in total. The molecule has 8 heteroatoms. The lowest BCUT2D eigenvalue weighted by molar-refractivity contribution is -0.140. The molecule has 0 aliphatic carbocycles. The first-order valence-electron chi connectivity index (χ1n) is 10.5. The molecule has 1 saturated heterocycles. The number of likely N-dealkylation sites (N-methyl/N-ethyl adjacent to an activating group) is 1. The summed E-state index contributed by atoms with van der Waals surface area (Å²) in [6, 6.07) is 10.2. The SMILES string of the molecule is CCN(CC)CCN1C(=O)C(=O)/C(=C(\O)c2ccc(Cl)c(OC)c2)C1c1cccc(O)c1. The third-order valence-corrected chi connectivity index (χ3v) is 6.01. The van der Waals surface area contributed by atoms with E-state index in [-0.39, 0.29) is 17.1 Å². The third-order valence-electron chi connectivity index (χ3n) is 5.70. The van der Waals surface area contributed by atoms with Crippen molar-refractivity contribution in [3.05, 3.63) is 64.2 Å². The summed E-state index contributed by atoms with van der Waals surface area (Å²) >= 11 is 6.09. The van der Waals surface area contributed by atoms with E-state index in [1.807, 2.05) is 13.8 Å². The molecule has 1 aliphatic rings. The van der Waals surface area contributed by atoms with Gasteiger partial charge >= 0.3 is 0 Å². The Bertz CT molecular complexity index is 1050. The van der Waals surface area contributed by atoms with Crippen LogP contribution >= 0.6 is 11.6 Å². The van der Waals surface area contributed by atoms with E-state index >= 15 is 0 Å². The molecular formula is C24H27ClN2O5. The molecule has 170 valence electrons. The lowest BCUT2D eigenvalue weighted by atomic mass is 9.95. The van der Waals surface area contributed by atoms with Gasteiger partial charge in [-0.3, -0.25) is 9.59 Å². The summed E-state index contributed by atoms with van der Waals surface area (Å²) < 4.78 is 5.22. The van der Waals surface area contributed by atoms with Crippen molar-refractivity contribution in [1.29, 1.82) is 0 Å². The summed E-state index contributed by atoms with van der Waals surface area (Å²) in [5.41, 5.74) is 0.800. The van der Waals surface area contributed by atoms with Crippen LogP contribution in [0, 0.1) is 0 Å². The fourth-order valence-corrected chi connectivity index (χ4v) is 4.10. The Morgan fingerprint density at radius 1 is 1.16 bits per heavy atom. The first-order chi connectivity index (χ1) is 15.3. The van der Waals surface area contributed by atoms with Crippen LogP contribution in [0.2, 0.25) is 5.02 Å². The molecule has 2 aromatic carbocycles. The highest BCUT2D eigenvalue weighted by Crippen LogP contribution is 2.40. The average Bonchev–Trinajstić information content (AvgIpc) is 3.04. The minimum Gasteiger partial charge on any atom is -0.508 e. The number of hydrogen-bond donors (Lipinski definition) is 2. The Morgan fingerprint density at radius 3 is 2.50 bits per heavy atom. The molecule has 0 aromatic heterocycles. The topological polar surface area (TPSA) is 90.3 Å². The summed E-state index contributed by atoms with van der Waals surface area (Å²) in [6.07, 6.45) is 0. The summed E-state index contributed by atoms with van der Waals surface area (Å²) in [5.74, 6) is -1.44. The number of phenolic OH excluding ortho intramolecular Hbond substituents is 1. The number of aliphatic hydroxyl groups is 1. The molecule has 2 N–H and O–H groups in total. The van der Waals surface area contributed by atoms with Gasteiger partial charge in [-0.1, -0.05) is 37.6 Å². The number of likely N-dealkylation sites (tertiary alicyclic amines) is 1. The van der Waals surface area contributed by atoms with Gasteiger partial charge in [0.2, 0.25) is 0 Å². The highest BCUT2D eigenvalue weighted by Gasteiger charge is 2.46. The lowest BCUT2D eigenvalue weighted by Gasteiger charge is -2.28. The average molecular weight is 459 g/mol. The fourth-order valence-electron chi connectivity index (χ4n) is 3.90. The Labute approximate surface area is 192 Å². The van der Waals surface area contributed by atoms with Gasteiger partial charge in [0.15, 0.2) is 0 Å². The van der Waals surface area contributed by atoms with Crippen molar-refractivity contribution < 1.29 is 24.5 Å². The van der Waals surface area contributed by atoms with Crippen molar-refractivity contribution in [3.63, 3.8) is 0 Å². The van der Waals surface area contributed by atoms with Crippen LogP contribution < -0.4 is 4.74 Å². The van der Waals surface area contributed by atoms with Crippen LogP contribution in [-0.4, -0.2) is 65.0 Å². The van der Waals surface area contributed by atoms with E-state index < -0.39 is 17.7 Å². The predicted octanol–water partition coefficient (Wildman–Crippen LogP) is 3.82. The number of nitrogens with zero attached hydrogens (tertiary/aromatic N) is 2. The summed E-state index contributed by atoms with van der Waals surface area (Å²) in [6.45, 7) is 6.54. The molecule has 1 fully saturated rings. The highest BCUT2D eigenvalue weighted by atomic mass is 35.5. The van der Waals surface area contributed by atoms with E-state index in [1.165, 1.54) is 30.2 Å². The van der Waals surface area contributed by atoms with Gasteiger partial charge in [0.1, 0.15) is 17.3 Å². The first-order valence-corrected chi connectivity index (χ1v) is 10.8. The van der Waals surface area contributed by atoms with E-state index in [1.54, 1.807) is 24.3 Å². The predicted molar refractivity (Wildman–Crippen MR) is 123 cm³/mol. The van der Waals surface area contributed by atoms with Crippen molar-refractivity contribution >= 4 is 29.1 Å². The second kappa shape index (κ2) is 10.1. The maximum Gasteiger partial charge on any atom is 0.295 e. The molecule has 1 unspecified atom stereocenters. The standard InChI is InChI=1S/C24H27ClN2O5/c1-4-26(5-2)11-12-27-21(15-7-6-8-17(28)13-15)20(23(30)24(27)31)22(29)16-9-10-18(25)19(14-16)32-3/h6-10,13-14,21,28-29H,4-5,11-12H2,1-3H3/b22-20-. The molecule has 0 bridgehead atoms. The molecule has 1 heterocycles. The van der Waals surface area contributed by atoms with E-state index in [0.29, 0.717) is 35.0 Å². The number of ether oxygens (including phenoxy) is 1. The minimum atomic E-state index is -0.834. The van der Waals surface area contributed by atoms with Gasteiger partial charge in [0, 0.05) is 18.7 Å². The van der Waals surface area contributed by atoms with E-state index in [9.17, 15) is 19.8 Å². The van der Waals surface area contributed by atoms with Crippen LogP contribution in [-0.2, 0) is 9.59 Å². The summed E-state index contributed by atoms with van der Waals surface area (Å²) in [4.78, 5) is 29.6. The second-order valence-electron chi connectivity index (χ2n) is 7.46. The van der Waals surface area contributed by atoms with E-state index in [2.05, 4.69) is 4.90 Å². The molecule has 0 radical (unpaired) electrons. The van der Waals surface area contributed by atoms with Crippen molar-refractivity contribution in [3.8, 4) is 11.5 Å². The van der Waals surface area contributed by atoms with Crippen molar-refractivity contribution in [2.75, 3.05) is 33.3 Å². The molecule has 2 aromatic rings. The number of methoxy groups -OCH3 is 1. The van der Waals surface area contributed by atoms with Gasteiger partial charge in [-0.15, -0.1) is 0 Å². The van der Waals surface area contributed by atoms with Gasteiger partial charge < -0.3 is 24.7 Å². The molecule has 1 amide bonds. The Hall–Kier alpha value is -3.03. The van der Waals surface area contributed by atoms with Crippen molar-refractivity contribution in [1.82, 2.24) is 9.80 Å². The van der Waals surface area contributed by atoms with Gasteiger partial charge in [-0.05, 0) is 49.0 Å². The van der Waals surface area contributed by atoms with E-state index in [4.69, 9.17) is 16.3 Å². The number of rotatable bonds is 8. The number of carbonyl (C=O) groups excluding carboxylic acids is 2. The Morgan fingerprint density at radius 2 is 1.88 bits per heavy atom.